The fourth-order valence-electron chi connectivity index (χ4n) is 2.31. The van der Waals surface area contributed by atoms with Crippen LogP contribution in [0.5, 0.6) is 5.75 Å². The van der Waals surface area contributed by atoms with Crippen LogP contribution in [0.2, 0.25) is 5.02 Å². The number of aromatic nitrogens is 2. The minimum atomic E-state index is -0.213. The highest BCUT2D eigenvalue weighted by atomic mass is 35.5. The molecule has 0 saturated carbocycles. The zero-order valence-electron chi connectivity index (χ0n) is 13.7. The topological polar surface area (TPSA) is 77.2 Å². The molecule has 0 aliphatic carbocycles. The van der Waals surface area contributed by atoms with Gasteiger partial charge >= 0.3 is 0 Å². The van der Waals surface area contributed by atoms with Crippen LogP contribution < -0.4 is 10.1 Å². The average molecular weight is 358 g/mol. The number of rotatable bonds is 5. The normalized spacial score (nSPS) is 10.5. The number of methoxy groups -OCH3 is 1. The molecule has 0 unspecified atom stereocenters. The molecule has 128 valence electrons. The third kappa shape index (κ3) is 3.97. The van der Waals surface area contributed by atoms with E-state index in [1.165, 1.54) is 7.11 Å². The summed E-state index contributed by atoms with van der Waals surface area (Å²) in [6.45, 7) is 1.78. The number of aryl methyl sites for hydroxylation is 1. The molecule has 3 aromatic rings. The SMILES string of the molecule is COc1ccc(NC(=O)Cc2nc(-c3cccnc3)oc2C)cc1Cl. The van der Waals surface area contributed by atoms with Gasteiger partial charge in [-0.2, -0.15) is 0 Å². The van der Waals surface area contributed by atoms with Crippen LogP contribution in [-0.4, -0.2) is 23.0 Å². The van der Waals surface area contributed by atoms with Crippen molar-refractivity contribution >= 4 is 23.2 Å². The number of oxazole rings is 1. The summed E-state index contributed by atoms with van der Waals surface area (Å²) in [6, 6.07) is 8.70. The summed E-state index contributed by atoms with van der Waals surface area (Å²) in [7, 11) is 1.53. The quantitative estimate of drug-likeness (QED) is 0.749. The zero-order valence-corrected chi connectivity index (χ0v) is 14.5. The number of ether oxygens (including phenoxy) is 1. The molecule has 0 spiro atoms. The maximum Gasteiger partial charge on any atom is 0.230 e. The summed E-state index contributed by atoms with van der Waals surface area (Å²) in [5.74, 6) is 1.38. The van der Waals surface area contributed by atoms with E-state index in [1.807, 2.05) is 6.07 Å². The first-order valence-corrected chi connectivity index (χ1v) is 7.94. The Morgan fingerprint density at radius 3 is 2.88 bits per heavy atom. The van der Waals surface area contributed by atoms with Gasteiger partial charge in [-0.3, -0.25) is 9.78 Å². The molecule has 0 aliphatic heterocycles. The largest absolute Gasteiger partial charge is 0.495 e. The lowest BCUT2D eigenvalue weighted by atomic mass is 10.2. The molecule has 0 bridgehead atoms. The Bertz CT molecular complexity index is 894. The second-order valence-electron chi connectivity index (χ2n) is 5.34. The highest BCUT2D eigenvalue weighted by Gasteiger charge is 2.15. The van der Waals surface area contributed by atoms with Crippen molar-refractivity contribution in [1.82, 2.24) is 9.97 Å². The van der Waals surface area contributed by atoms with E-state index < -0.39 is 0 Å². The van der Waals surface area contributed by atoms with Crippen LogP contribution >= 0.6 is 11.6 Å². The number of halogens is 1. The Balaban J connectivity index is 1.71. The number of pyridine rings is 1. The third-order valence-corrected chi connectivity index (χ3v) is 3.86. The number of anilines is 1. The molecule has 0 atom stereocenters. The molecule has 0 fully saturated rings. The molecule has 0 radical (unpaired) electrons. The lowest BCUT2D eigenvalue weighted by Crippen LogP contribution is -2.15. The molecular formula is C18H16ClN3O3. The van der Waals surface area contributed by atoms with E-state index in [9.17, 15) is 4.79 Å². The van der Waals surface area contributed by atoms with E-state index in [1.54, 1.807) is 43.6 Å². The maximum atomic E-state index is 12.3. The first-order valence-electron chi connectivity index (χ1n) is 7.57. The number of nitrogens with zero attached hydrogens (tertiary/aromatic N) is 2. The van der Waals surface area contributed by atoms with Crippen molar-refractivity contribution < 1.29 is 13.9 Å². The number of benzene rings is 1. The summed E-state index contributed by atoms with van der Waals surface area (Å²) in [4.78, 5) is 20.7. The monoisotopic (exact) mass is 357 g/mol. The first kappa shape index (κ1) is 17.0. The van der Waals surface area contributed by atoms with Crippen molar-refractivity contribution in [1.29, 1.82) is 0 Å². The minimum Gasteiger partial charge on any atom is -0.495 e. The summed E-state index contributed by atoms with van der Waals surface area (Å²) in [5, 5.41) is 3.21. The summed E-state index contributed by atoms with van der Waals surface area (Å²) < 4.78 is 10.7. The summed E-state index contributed by atoms with van der Waals surface area (Å²) in [5.41, 5.74) is 1.93. The lowest BCUT2D eigenvalue weighted by Gasteiger charge is -2.07. The Kier molecular flexibility index (Phi) is 5.00. The molecule has 2 heterocycles. The van der Waals surface area contributed by atoms with E-state index in [2.05, 4.69) is 15.3 Å². The fraction of sp³-hybridized carbons (Fsp3) is 0.167. The lowest BCUT2D eigenvalue weighted by molar-refractivity contribution is -0.115. The van der Waals surface area contributed by atoms with E-state index in [0.717, 1.165) is 5.56 Å². The van der Waals surface area contributed by atoms with Crippen molar-refractivity contribution in [3.8, 4) is 17.2 Å². The molecule has 1 N–H and O–H groups in total. The number of hydrogen-bond acceptors (Lipinski definition) is 5. The van der Waals surface area contributed by atoms with Crippen LogP contribution in [0, 0.1) is 6.92 Å². The molecular weight excluding hydrogens is 342 g/mol. The average Bonchev–Trinajstić information content (AvgIpc) is 2.96. The van der Waals surface area contributed by atoms with Crippen molar-refractivity contribution in [2.75, 3.05) is 12.4 Å². The van der Waals surface area contributed by atoms with Crippen molar-refractivity contribution in [3.63, 3.8) is 0 Å². The van der Waals surface area contributed by atoms with E-state index in [0.29, 0.717) is 33.8 Å². The van der Waals surface area contributed by atoms with Gasteiger partial charge in [-0.05, 0) is 37.3 Å². The molecule has 6 nitrogen and oxygen atoms in total. The van der Waals surface area contributed by atoms with Crippen LogP contribution in [0.15, 0.2) is 47.1 Å². The standard InChI is InChI=1S/C18H16ClN3O3/c1-11-15(22-18(25-11)12-4-3-7-20-10-12)9-17(23)21-13-5-6-16(24-2)14(19)8-13/h3-8,10H,9H2,1-2H3,(H,21,23). The highest BCUT2D eigenvalue weighted by Crippen LogP contribution is 2.27. The second-order valence-corrected chi connectivity index (χ2v) is 5.75. The molecule has 2 aromatic heterocycles. The summed E-state index contributed by atoms with van der Waals surface area (Å²) in [6.07, 6.45) is 3.43. The van der Waals surface area contributed by atoms with Crippen LogP contribution in [0.1, 0.15) is 11.5 Å². The van der Waals surface area contributed by atoms with E-state index >= 15 is 0 Å². The van der Waals surface area contributed by atoms with Gasteiger partial charge in [0.05, 0.1) is 29.8 Å². The predicted molar refractivity (Wildman–Crippen MR) is 94.8 cm³/mol. The van der Waals surface area contributed by atoms with E-state index in [-0.39, 0.29) is 12.3 Å². The first-order chi connectivity index (χ1) is 12.1. The Morgan fingerprint density at radius 2 is 2.20 bits per heavy atom. The summed E-state index contributed by atoms with van der Waals surface area (Å²) >= 11 is 6.06. The predicted octanol–water partition coefficient (Wildman–Crippen LogP) is 3.89. The number of amides is 1. The van der Waals surface area contributed by atoms with Gasteiger partial charge in [-0.25, -0.2) is 4.98 Å². The van der Waals surface area contributed by atoms with Crippen molar-refractivity contribution in [3.05, 3.63) is 59.2 Å². The Hall–Kier alpha value is -2.86. The highest BCUT2D eigenvalue weighted by molar-refractivity contribution is 6.32. The Morgan fingerprint density at radius 1 is 1.36 bits per heavy atom. The zero-order chi connectivity index (χ0) is 17.8. The Labute approximate surface area is 149 Å². The number of hydrogen-bond donors (Lipinski definition) is 1. The van der Waals surface area contributed by atoms with Crippen LogP contribution in [0.4, 0.5) is 5.69 Å². The van der Waals surface area contributed by atoms with Gasteiger partial charge in [0.1, 0.15) is 11.5 Å². The molecule has 1 amide bonds. The van der Waals surface area contributed by atoms with Crippen molar-refractivity contribution in [2.45, 2.75) is 13.3 Å². The van der Waals surface area contributed by atoms with Crippen LogP contribution in [0.3, 0.4) is 0 Å². The second kappa shape index (κ2) is 7.36. The van der Waals surface area contributed by atoms with Gasteiger partial charge in [0, 0.05) is 18.1 Å². The van der Waals surface area contributed by atoms with Crippen molar-refractivity contribution in [2.24, 2.45) is 0 Å². The van der Waals surface area contributed by atoms with Gasteiger partial charge in [0.25, 0.3) is 0 Å². The van der Waals surface area contributed by atoms with Crippen LogP contribution in [0.25, 0.3) is 11.5 Å². The minimum absolute atomic E-state index is 0.0965. The number of nitrogens with one attached hydrogen (secondary N) is 1. The van der Waals surface area contributed by atoms with Gasteiger partial charge in [-0.15, -0.1) is 0 Å². The maximum absolute atomic E-state index is 12.3. The van der Waals surface area contributed by atoms with Gasteiger partial charge < -0.3 is 14.5 Å². The van der Waals surface area contributed by atoms with Gasteiger partial charge in [0.2, 0.25) is 11.8 Å². The van der Waals surface area contributed by atoms with Gasteiger partial charge in [0.15, 0.2) is 0 Å². The van der Waals surface area contributed by atoms with E-state index in [4.69, 9.17) is 20.8 Å². The molecule has 1 aromatic carbocycles. The fourth-order valence-corrected chi connectivity index (χ4v) is 2.56. The molecule has 0 aliphatic rings. The molecule has 0 saturated heterocycles. The number of carbonyl (C=O) groups excluding carboxylic acids is 1. The molecule has 3 rings (SSSR count). The molecule has 7 heteroatoms. The third-order valence-electron chi connectivity index (χ3n) is 3.56. The van der Waals surface area contributed by atoms with Gasteiger partial charge in [-0.1, -0.05) is 11.6 Å². The smallest absolute Gasteiger partial charge is 0.230 e. The molecule has 25 heavy (non-hydrogen) atoms. The van der Waals surface area contributed by atoms with Crippen LogP contribution in [-0.2, 0) is 11.2 Å². The number of carbonyl (C=O) groups is 1.